The van der Waals surface area contributed by atoms with Crippen molar-refractivity contribution in [3.63, 3.8) is 0 Å². The minimum absolute atomic E-state index is 1.07. The van der Waals surface area contributed by atoms with Crippen LogP contribution in [0.5, 0.6) is 0 Å². The van der Waals surface area contributed by atoms with Crippen LogP contribution in [-0.2, 0) is 12.8 Å². The van der Waals surface area contributed by atoms with Crippen molar-refractivity contribution in [3.8, 4) is 0 Å². The van der Waals surface area contributed by atoms with E-state index in [1.54, 1.807) is 0 Å². The summed E-state index contributed by atoms with van der Waals surface area (Å²) in [5.41, 5.74) is 4.15. The van der Waals surface area contributed by atoms with Crippen molar-refractivity contribution in [3.05, 3.63) is 41.6 Å². The van der Waals surface area contributed by atoms with E-state index in [0.717, 1.165) is 6.42 Å². The Bertz CT molecular complexity index is 326. The highest BCUT2D eigenvalue weighted by molar-refractivity contribution is 5.57. The smallest absolute Gasteiger partial charge is 0.0415 e. The van der Waals surface area contributed by atoms with Crippen molar-refractivity contribution < 1.29 is 0 Å². The third-order valence-electron chi connectivity index (χ3n) is 2.40. The van der Waals surface area contributed by atoms with Gasteiger partial charge in [0.2, 0.25) is 0 Å². The summed E-state index contributed by atoms with van der Waals surface area (Å²) in [5, 5.41) is 3.25. The van der Waals surface area contributed by atoms with E-state index in [0.29, 0.717) is 0 Å². The number of benzene rings is 1. The Morgan fingerprint density at radius 3 is 3.15 bits per heavy atom. The van der Waals surface area contributed by atoms with Gasteiger partial charge in [-0.1, -0.05) is 31.6 Å². The zero-order valence-corrected chi connectivity index (χ0v) is 8.01. The summed E-state index contributed by atoms with van der Waals surface area (Å²) in [6.07, 6.45) is 7.67. The molecule has 0 fully saturated rings. The van der Waals surface area contributed by atoms with Crippen LogP contribution < -0.4 is 5.32 Å². The van der Waals surface area contributed by atoms with Crippen molar-refractivity contribution in [1.82, 2.24) is 0 Å². The van der Waals surface area contributed by atoms with Gasteiger partial charge in [-0.3, -0.25) is 0 Å². The Balaban J connectivity index is 2.27. The van der Waals surface area contributed by atoms with Gasteiger partial charge in [-0.2, -0.15) is 0 Å². The van der Waals surface area contributed by atoms with Crippen molar-refractivity contribution in [2.45, 2.75) is 26.2 Å². The molecule has 0 spiro atoms. The van der Waals surface area contributed by atoms with Gasteiger partial charge < -0.3 is 5.32 Å². The van der Waals surface area contributed by atoms with Gasteiger partial charge in [-0.05, 0) is 36.2 Å². The molecule has 0 amide bonds. The van der Waals surface area contributed by atoms with Crippen LogP contribution in [-0.4, -0.2) is 0 Å². The van der Waals surface area contributed by atoms with Gasteiger partial charge in [0.05, 0.1) is 0 Å². The summed E-state index contributed by atoms with van der Waals surface area (Å²) in [4.78, 5) is 0. The molecule has 1 nitrogen and oxygen atoms in total. The molecule has 1 aliphatic rings. The van der Waals surface area contributed by atoms with Crippen molar-refractivity contribution >= 4 is 5.69 Å². The highest BCUT2D eigenvalue weighted by Crippen LogP contribution is 2.22. The number of anilines is 1. The molecule has 1 heteroatoms. The maximum Gasteiger partial charge on any atom is 0.0415 e. The van der Waals surface area contributed by atoms with E-state index in [1.807, 2.05) is 6.20 Å². The van der Waals surface area contributed by atoms with Crippen molar-refractivity contribution in [1.29, 1.82) is 0 Å². The lowest BCUT2D eigenvalue weighted by Crippen LogP contribution is -2.00. The summed E-state index contributed by atoms with van der Waals surface area (Å²) in [6.45, 7) is 2.22. The number of allylic oxidation sites excluding steroid dienone is 1. The van der Waals surface area contributed by atoms with Gasteiger partial charge in [-0.25, -0.2) is 0 Å². The Labute approximate surface area is 79.5 Å². The van der Waals surface area contributed by atoms with E-state index in [1.165, 1.54) is 29.7 Å². The molecule has 0 aliphatic carbocycles. The van der Waals surface area contributed by atoms with E-state index in [4.69, 9.17) is 0 Å². The predicted molar refractivity (Wildman–Crippen MR) is 56.9 cm³/mol. The molecular weight excluding hydrogens is 158 g/mol. The van der Waals surface area contributed by atoms with Crippen molar-refractivity contribution in [2.75, 3.05) is 5.32 Å². The molecule has 0 aromatic heterocycles. The number of fused-ring (bicyclic) bond motifs is 1. The summed E-state index contributed by atoms with van der Waals surface area (Å²) >= 11 is 0. The maximum absolute atomic E-state index is 3.25. The van der Waals surface area contributed by atoms with Crippen LogP contribution in [0, 0.1) is 0 Å². The zero-order valence-electron chi connectivity index (χ0n) is 8.01. The molecule has 2 rings (SSSR count). The van der Waals surface area contributed by atoms with Crippen LogP contribution in [0.1, 0.15) is 24.5 Å². The second-order valence-corrected chi connectivity index (χ2v) is 3.49. The second kappa shape index (κ2) is 3.65. The van der Waals surface area contributed by atoms with Crippen LogP contribution in [0.2, 0.25) is 0 Å². The number of hydrogen-bond acceptors (Lipinski definition) is 1. The summed E-state index contributed by atoms with van der Waals surface area (Å²) in [6, 6.07) is 6.72. The maximum atomic E-state index is 3.25. The number of aryl methyl sites for hydroxylation is 1. The van der Waals surface area contributed by atoms with Gasteiger partial charge >= 0.3 is 0 Å². The van der Waals surface area contributed by atoms with Gasteiger partial charge in [0.25, 0.3) is 0 Å². The Morgan fingerprint density at radius 1 is 1.38 bits per heavy atom. The number of rotatable bonds is 2. The van der Waals surface area contributed by atoms with Crippen LogP contribution in [0.25, 0.3) is 0 Å². The third-order valence-corrected chi connectivity index (χ3v) is 2.40. The molecule has 0 saturated carbocycles. The monoisotopic (exact) mass is 173 g/mol. The summed E-state index contributed by atoms with van der Waals surface area (Å²) < 4.78 is 0. The fourth-order valence-electron chi connectivity index (χ4n) is 1.74. The number of hydrogen-bond donors (Lipinski definition) is 1. The SMILES string of the molecule is CCCc1ccc2c(c1)CC=CN2. The topological polar surface area (TPSA) is 12.0 Å². The fourth-order valence-corrected chi connectivity index (χ4v) is 1.74. The predicted octanol–water partition coefficient (Wildman–Crippen LogP) is 3.12. The highest BCUT2D eigenvalue weighted by Gasteiger charge is 2.04. The largest absolute Gasteiger partial charge is 0.362 e. The van der Waals surface area contributed by atoms with E-state index in [2.05, 4.69) is 36.5 Å². The van der Waals surface area contributed by atoms with Gasteiger partial charge in [0.15, 0.2) is 0 Å². The first kappa shape index (κ1) is 8.36. The van der Waals surface area contributed by atoms with E-state index < -0.39 is 0 Å². The lowest BCUT2D eigenvalue weighted by atomic mass is 10.0. The van der Waals surface area contributed by atoms with Crippen molar-refractivity contribution in [2.24, 2.45) is 0 Å². The van der Waals surface area contributed by atoms with E-state index in [-0.39, 0.29) is 0 Å². The minimum atomic E-state index is 1.07. The molecule has 1 aromatic carbocycles. The number of nitrogens with one attached hydrogen (secondary N) is 1. The summed E-state index contributed by atoms with van der Waals surface area (Å²) in [5.74, 6) is 0. The Hall–Kier alpha value is -1.24. The highest BCUT2D eigenvalue weighted by atomic mass is 14.8. The van der Waals surface area contributed by atoms with Crippen LogP contribution in [0.3, 0.4) is 0 Å². The quantitative estimate of drug-likeness (QED) is 0.724. The molecule has 1 N–H and O–H groups in total. The third kappa shape index (κ3) is 1.74. The molecule has 0 atom stereocenters. The average molecular weight is 173 g/mol. The lowest BCUT2D eigenvalue weighted by Gasteiger charge is -2.13. The second-order valence-electron chi connectivity index (χ2n) is 3.49. The Kier molecular flexibility index (Phi) is 2.35. The first-order valence-corrected chi connectivity index (χ1v) is 4.93. The van der Waals surface area contributed by atoms with E-state index >= 15 is 0 Å². The summed E-state index contributed by atoms with van der Waals surface area (Å²) in [7, 11) is 0. The molecule has 1 aliphatic heterocycles. The molecule has 0 unspecified atom stereocenters. The van der Waals surface area contributed by atoms with Crippen LogP contribution >= 0.6 is 0 Å². The van der Waals surface area contributed by atoms with Gasteiger partial charge in [-0.15, -0.1) is 0 Å². The van der Waals surface area contributed by atoms with E-state index in [9.17, 15) is 0 Å². The molecule has 0 bridgehead atoms. The Morgan fingerprint density at radius 2 is 2.31 bits per heavy atom. The average Bonchev–Trinajstić information content (AvgIpc) is 2.18. The molecule has 13 heavy (non-hydrogen) atoms. The lowest BCUT2D eigenvalue weighted by molar-refractivity contribution is 0.919. The fraction of sp³-hybridized carbons (Fsp3) is 0.333. The molecular formula is C12H15N. The van der Waals surface area contributed by atoms with Crippen LogP contribution in [0.4, 0.5) is 5.69 Å². The zero-order chi connectivity index (χ0) is 9.10. The van der Waals surface area contributed by atoms with Gasteiger partial charge in [0, 0.05) is 5.69 Å². The normalized spacial score (nSPS) is 13.6. The molecule has 0 saturated heterocycles. The van der Waals surface area contributed by atoms with Crippen LogP contribution in [0.15, 0.2) is 30.5 Å². The molecule has 68 valence electrons. The minimum Gasteiger partial charge on any atom is -0.362 e. The molecule has 1 aromatic rings. The van der Waals surface area contributed by atoms with Gasteiger partial charge in [0.1, 0.15) is 0 Å². The standard InChI is InChI=1S/C12H15N/c1-2-4-10-6-7-12-11(9-10)5-3-8-13-12/h3,6-9,13H,2,4-5H2,1H3. The molecule has 0 radical (unpaired) electrons. The first-order valence-electron chi connectivity index (χ1n) is 4.93. The first-order chi connectivity index (χ1) is 6.40. The molecule has 1 heterocycles.